The largest absolute Gasteiger partial charge is 0.350 e. The first-order valence-electron chi connectivity index (χ1n) is 8.07. The number of amides is 1. The Hall–Kier alpha value is -1.65. The van der Waals surface area contributed by atoms with Gasteiger partial charge in [-0.2, -0.15) is 0 Å². The van der Waals surface area contributed by atoms with Crippen molar-refractivity contribution in [3.8, 4) is 0 Å². The van der Waals surface area contributed by atoms with E-state index in [0.29, 0.717) is 12.1 Å². The Morgan fingerprint density at radius 3 is 2.35 bits per heavy atom. The molecule has 0 aliphatic carbocycles. The lowest BCUT2D eigenvalue weighted by Crippen LogP contribution is -2.36. The van der Waals surface area contributed by atoms with Crippen molar-refractivity contribution in [3.05, 3.63) is 70.2 Å². The Bertz CT molecular complexity index is 636. The van der Waals surface area contributed by atoms with E-state index in [1.807, 2.05) is 30.3 Å². The molecule has 1 amide bonds. The van der Waals surface area contributed by atoms with Gasteiger partial charge >= 0.3 is 0 Å². The zero-order chi connectivity index (χ0) is 16.1. The van der Waals surface area contributed by atoms with Crippen molar-refractivity contribution in [2.24, 2.45) is 0 Å². The molecule has 1 N–H and O–H groups in total. The lowest BCUT2D eigenvalue weighted by Gasteiger charge is -2.28. The highest BCUT2D eigenvalue weighted by Gasteiger charge is 2.23. The molecular formula is C19H21BrN2O. The van der Waals surface area contributed by atoms with Crippen molar-refractivity contribution < 1.29 is 4.79 Å². The van der Waals surface area contributed by atoms with Crippen molar-refractivity contribution in [3.63, 3.8) is 0 Å². The molecule has 1 heterocycles. The zero-order valence-electron chi connectivity index (χ0n) is 13.0. The van der Waals surface area contributed by atoms with Crippen molar-refractivity contribution in [1.29, 1.82) is 0 Å². The molecule has 2 aromatic carbocycles. The normalized spacial score (nSPS) is 16.2. The van der Waals surface area contributed by atoms with Crippen molar-refractivity contribution in [2.75, 3.05) is 19.6 Å². The molecular weight excluding hydrogens is 352 g/mol. The van der Waals surface area contributed by atoms with Crippen molar-refractivity contribution in [1.82, 2.24) is 10.2 Å². The summed E-state index contributed by atoms with van der Waals surface area (Å²) < 4.78 is 0.980. The van der Waals surface area contributed by atoms with Crippen LogP contribution in [-0.4, -0.2) is 30.4 Å². The molecule has 0 saturated carbocycles. The smallest absolute Gasteiger partial charge is 0.251 e. The number of hydrogen-bond acceptors (Lipinski definition) is 2. The van der Waals surface area contributed by atoms with Gasteiger partial charge in [0.15, 0.2) is 0 Å². The molecule has 1 atom stereocenters. The number of nitrogens with zero attached hydrogens (tertiary/aromatic N) is 1. The van der Waals surface area contributed by atoms with Crippen LogP contribution in [0.4, 0.5) is 0 Å². The summed E-state index contributed by atoms with van der Waals surface area (Å²) in [4.78, 5) is 14.8. The van der Waals surface area contributed by atoms with E-state index < -0.39 is 0 Å². The number of hydrogen-bond donors (Lipinski definition) is 1. The van der Waals surface area contributed by atoms with E-state index in [4.69, 9.17) is 0 Å². The molecule has 1 saturated heterocycles. The lowest BCUT2D eigenvalue weighted by molar-refractivity contribution is 0.0938. The average molecular weight is 373 g/mol. The van der Waals surface area contributed by atoms with Crippen LogP contribution in [0.2, 0.25) is 0 Å². The van der Waals surface area contributed by atoms with Gasteiger partial charge in [-0.3, -0.25) is 9.69 Å². The van der Waals surface area contributed by atoms with E-state index in [9.17, 15) is 4.79 Å². The molecule has 0 unspecified atom stereocenters. The van der Waals surface area contributed by atoms with Crippen LogP contribution in [0, 0.1) is 0 Å². The van der Waals surface area contributed by atoms with Gasteiger partial charge < -0.3 is 5.32 Å². The maximum Gasteiger partial charge on any atom is 0.251 e. The lowest BCUT2D eigenvalue weighted by atomic mass is 10.1. The van der Waals surface area contributed by atoms with Crippen LogP contribution in [0.15, 0.2) is 59.1 Å². The second-order valence-electron chi connectivity index (χ2n) is 5.89. The van der Waals surface area contributed by atoms with E-state index in [1.54, 1.807) is 0 Å². The monoisotopic (exact) mass is 372 g/mol. The van der Waals surface area contributed by atoms with Gasteiger partial charge in [0, 0.05) is 16.6 Å². The third kappa shape index (κ3) is 4.21. The summed E-state index contributed by atoms with van der Waals surface area (Å²) in [6.45, 7) is 2.85. The summed E-state index contributed by atoms with van der Waals surface area (Å²) in [5, 5.41) is 3.10. The first kappa shape index (κ1) is 16.2. The van der Waals surface area contributed by atoms with Crippen LogP contribution in [0.25, 0.3) is 0 Å². The molecule has 1 aliphatic rings. The van der Waals surface area contributed by atoms with Gasteiger partial charge in [0.2, 0.25) is 0 Å². The second-order valence-corrected chi connectivity index (χ2v) is 6.80. The summed E-state index contributed by atoms with van der Waals surface area (Å²) in [7, 11) is 0. The van der Waals surface area contributed by atoms with E-state index >= 15 is 0 Å². The molecule has 3 rings (SSSR count). The van der Waals surface area contributed by atoms with Crippen LogP contribution in [-0.2, 0) is 0 Å². The SMILES string of the molecule is O=C(NC[C@@H](c1ccccc1)N1CCCC1)c1ccc(Br)cc1. The maximum absolute atomic E-state index is 12.4. The summed E-state index contributed by atoms with van der Waals surface area (Å²) in [6, 6.07) is 18.2. The Balaban J connectivity index is 1.69. The number of likely N-dealkylation sites (tertiary alicyclic amines) is 1. The number of carbonyl (C=O) groups is 1. The number of benzene rings is 2. The van der Waals surface area contributed by atoms with E-state index in [-0.39, 0.29) is 11.9 Å². The molecule has 0 bridgehead atoms. The third-order valence-electron chi connectivity index (χ3n) is 4.33. The topological polar surface area (TPSA) is 32.3 Å². The summed E-state index contributed by atoms with van der Waals surface area (Å²) in [5.74, 6) is -0.0161. The van der Waals surface area contributed by atoms with Crippen LogP contribution < -0.4 is 5.32 Å². The standard InChI is InChI=1S/C19H21BrN2O/c20-17-10-8-16(9-11-17)19(23)21-14-18(22-12-4-5-13-22)15-6-2-1-3-7-15/h1-3,6-11,18H,4-5,12-14H2,(H,21,23)/t18-/m0/s1. The van der Waals surface area contributed by atoms with Gasteiger partial charge in [0.1, 0.15) is 0 Å². The van der Waals surface area contributed by atoms with E-state index in [0.717, 1.165) is 17.6 Å². The molecule has 0 spiro atoms. The number of carbonyl (C=O) groups excluding carboxylic acids is 1. The highest BCUT2D eigenvalue weighted by Crippen LogP contribution is 2.24. The highest BCUT2D eigenvalue weighted by molar-refractivity contribution is 9.10. The second kappa shape index (κ2) is 7.75. The highest BCUT2D eigenvalue weighted by atomic mass is 79.9. The fourth-order valence-corrected chi connectivity index (χ4v) is 3.34. The molecule has 0 radical (unpaired) electrons. The molecule has 1 aliphatic heterocycles. The Kier molecular flexibility index (Phi) is 5.47. The number of halogens is 1. The minimum Gasteiger partial charge on any atom is -0.350 e. The van der Waals surface area contributed by atoms with Gasteiger partial charge in [-0.15, -0.1) is 0 Å². The first-order chi connectivity index (χ1) is 11.2. The number of nitrogens with one attached hydrogen (secondary N) is 1. The quantitative estimate of drug-likeness (QED) is 0.859. The molecule has 120 valence electrons. The fraction of sp³-hybridized carbons (Fsp3) is 0.316. The Labute approximate surface area is 145 Å². The molecule has 0 aromatic heterocycles. The van der Waals surface area contributed by atoms with Gasteiger partial charge in [0.05, 0.1) is 6.04 Å². The predicted octanol–water partition coefficient (Wildman–Crippen LogP) is 4.02. The van der Waals surface area contributed by atoms with Crippen molar-refractivity contribution in [2.45, 2.75) is 18.9 Å². The molecule has 1 fully saturated rings. The fourth-order valence-electron chi connectivity index (χ4n) is 3.08. The van der Waals surface area contributed by atoms with Gasteiger partial charge in [0.25, 0.3) is 5.91 Å². The Morgan fingerprint density at radius 2 is 1.70 bits per heavy atom. The summed E-state index contributed by atoms with van der Waals surface area (Å²) >= 11 is 3.39. The molecule has 4 heteroatoms. The van der Waals surface area contributed by atoms with Crippen LogP contribution in [0.1, 0.15) is 34.8 Å². The molecule has 3 nitrogen and oxygen atoms in total. The van der Waals surface area contributed by atoms with E-state index in [2.05, 4.69) is 50.4 Å². The first-order valence-corrected chi connectivity index (χ1v) is 8.86. The zero-order valence-corrected chi connectivity index (χ0v) is 14.6. The number of rotatable bonds is 5. The van der Waals surface area contributed by atoms with Crippen molar-refractivity contribution >= 4 is 21.8 Å². The Morgan fingerprint density at radius 1 is 1.04 bits per heavy atom. The van der Waals surface area contributed by atoms with Gasteiger partial charge in [-0.1, -0.05) is 46.3 Å². The average Bonchev–Trinajstić information content (AvgIpc) is 3.11. The van der Waals surface area contributed by atoms with Crippen LogP contribution in [0.3, 0.4) is 0 Å². The van der Waals surface area contributed by atoms with Gasteiger partial charge in [-0.25, -0.2) is 0 Å². The molecule has 23 heavy (non-hydrogen) atoms. The summed E-state index contributed by atoms with van der Waals surface area (Å²) in [5.41, 5.74) is 1.96. The predicted molar refractivity (Wildman–Crippen MR) is 96.5 cm³/mol. The third-order valence-corrected chi connectivity index (χ3v) is 4.86. The van der Waals surface area contributed by atoms with Crippen LogP contribution in [0.5, 0.6) is 0 Å². The van der Waals surface area contributed by atoms with Gasteiger partial charge in [-0.05, 0) is 55.8 Å². The van der Waals surface area contributed by atoms with Crippen LogP contribution >= 0.6 is 15.9 Å². The minimum atomic E-state index is -0.0161. The maximum atomic E-state index is 12.4. The molecule has 2 aromatic rings. The van der Waals surface area contributed by atoms with E-state index in [1.165, 1.54) is 18.4 Å². The summed E-state index contributed by atoms with van der Waals surface area (Å²) in [6.07, 6.45) is 2.48. The minimum absolute atomic E-state index is 0.0161.